The van der Waals surface area contributed by atoms with Gasteiger partial charge in [-0.05, 0) is 31.0 Å². The highest BCUT2D eigenvalue weighted by Gasteiger charge is 2.14. The molecule has 0 atom stereocenters. The van der Waals surface area contributed by atoms with Gasteiger partial charge in [-0.1, -0.05) is 42.5 Å². The molecule has 0 saturated carbocycles. The topological polar surface area (TPSA) is 43.1 Å². The van der Waals surface area contributed by atoms with E-state index in [1.165, 1.54) is 0 Å². The van der Waals surface area contributed by atoms with E-state index < -0.39 is 0 Å². The van der Waals surface area contributed by atoms with Crippen LogP contribution in [0.3, 0.4) is 0 Å². The first-order valence-corrected chi connectivity index (χ1v) is 7.81. The Kier molecular flexibility index (Phi) is 4.66. The van der Waals surface area contributed by atoms with Gasteiger partial charge in [0.15, 0.2) is 6.20 Å². The number of carbonyl (C=O) groups is 1. The zero-order chi connectivity index (χ0) is 16.9. The van der Waals surface area contributed by atoms with Gasteiger partial charge in [0, 0.05) is 5.56 Å². The molecule has 2 aromatic carbocycles. The van der Waals surface area contributed by atoms with Gasteiger partial charge in [-0.2, -0.15) is 4.57 Å². The fraction of sp³-hybridized carbons (Fsp3) is 0.150. The van der Waals surface area contributed by atoms with Crippen LogP contribution < -0.4 is 9.30 Å². The highest BCUT2D eigenvalue weighted by atomic mass is 16.5. The molecule has 0 aliphatic carbocycles. The van der Waals surface area contributed by atoms with Crippen molar-refractivity contribution in [2.45, 2.75) is 20.4 Å². The summed E-state index contributed by atoms with van der Waals surface area (Å²) >= 11 is 0. The van der Waals surface area contributed by atoms with Gasteiger partial charge in [-0.15, -0.1) is 0 Å². The van der Waals surface area contributed by atoms with E-state index >= 15 is 0 Å². The number of ketones is 1. The Morgan fingerprint density at radius 3 is 2.67 bits per heavy atom. The molecule has 4 heteroatoms. The summed E-state index contributed by atoms with van der Waals surface area (Å²) in [6, 6.07) is 15.2. The van der Waals surface area contributed by atoms with Crippen LogP contribution in [0.2, 0.25) is 0 Å². The number of carbonyl (C=O) groups excluding carboxylic acids is 1. The normalized spacial score (nSPS) is 10.4. The quantitative estimate of drug-likeness (QED) is 0.532. The summed E-state index contributed by atoms with van der Waals surface area (Å²) < 4.78 is 7.66. The molecule has 0 unspecified atom stereocenters. The van der Waals surface area contributed by atoms with Crippen LogP contribution in [-0.2, 0) is 6.54 Å². The summed E-state index contributed by atoms with van der Waals surface area (Å²) in [5, 5.41) is 0. The molecule has 0 aliphatic rings. The summed E-state index contributed by atoms with van der Waals surface area (Å²) in [5.74, 6) is 1.28. The van der Waals surface area contributed by atoms with E-state index in [1.807, 2.05) is 62.4 Å². The molecule has 0 radical (unpaired) electrons. The number of benzene rings is 2. The summed E-state index contributed by atoms with van der Waals surface area (Å²) in [6.07, 6.45) is 5.14. The third-order valence-corrected chi connectivity index (χ3v) is 3.93. The number of ether oxygens (including phenoxy) is 1. The van der Waals surface area contributed by atoms with Crippen molar-refractivity contribution >= 4 is 5.78 Å². The van der Waals surface area contributed by atoms with E-state index in [-0.39, 0.29) is 12.3 Å². The predicted molar refractivity (Wildman–Crippen MR) is 91.2 cm³/mol. The van der Waals surface area contributed by atoms with Crippen LogP contribution in [0.15, 0.2) is 67.1 Å². The monoisotopic (exact) mass is 319 g/mol. The minimum absolute atomic E-state index is 0.0458. The average molecular weight is 319 g/mol. The van der Waals surface area contributed by atoms with Gasteiger partial charge in [-0.25, -0.2) is 4.98 Å². The number of aryl methyl sites for hydroxylation is 1. The maximum absolute atomic E-state index is 12.3. The highest BCUT2D eigenvalue weighted by molar-refractivity contribution is 5.94. The molecule has 0 aliphatic heterocycles. The number of nitrogens with zero attached hydrogens (tertiary/aromatic N) is 2. The van der Waals surface area contributed by atoms with Crippen molar-refractivity contribution in [1.29, 1.82) is 0 Å². The third kappa shape index (κ3) is 3.66. The van der Waals surface area contributed by atoms with Crippen molar-refractivity contribution in [2.24, 2.45) is 0 Å². The van der Waals surface area contributed by atoms with Crippen LogP contribution >= 0.6 is 0 Å². The molecule has 1 aromatic heterocycles. The second-order valence-electron chi connectivity index (χ2n) is 5.66. The molecule has 24 heavy (non-hydrogen) atoms. The van der Waals surface area contributed by atoms with E-state index in [9.17, 15) is 4.79 Å². The van der Waals surface area contributed by atoms with Gasteiger partial charge in [0.05, 0.1) is 6.20 Å². The summed E-state index contributed by atoms with van der Waals surface area (Å²) in [5.41, 5.74) is 2.93. The Labute approximate surface area is 141 Å². The Morgan fingerprint density at radius 1 is 1.08 bits per heavy atom. The van der Waals surface area contributed by atoms with Crippen molar-refractivity contribution in [2.75, 3.05) is 0 Å². The van der Waals surface area contributed by atoms with Crippen LogP contribution in [0.1, 0.15) is 21.5 Å². The lowest BCUT2D eigenvalue weighted by Crippen LogP contribution is -2.37. The molecular weight excluding hydrogens is 300 g/mol. The number of rotatable bonds is 5. The van der Waals surface area contributed by atoms with Crippen molar-refractivity contribution in [1.82, 2.24) is 4.98 Å². The van der Waals surface area contributed by atoms with E-state index in [2.05, 4.69) is 4.98 Å². The van der Waals surface area contributed by atoms with E-state index in [0.717, 1.165) is 16.9 Å². The Morgan fingerprint density at radius 2 is 1.88 bits per heavy atom. The van der Waals surface area contributed by atoms with E-state index in [0.29, 0.717) is 11.4 Å². The molecule has 3 aromatic rings. The molecule has 0 bridgehead atoms. The third-order valence-electron chi connectivity index (χ3n) is 3.93. The van der Waals surface area contributed by atoms with Crippen molar-refractivity contribution in [3.05, 3.63) is 83.8 Å². The summed E-state index contributed by atoms with van der Waals surface area (Å²) in [6.45, 7) is 4.30. The first kappa shape index (κ1) is 15.9. The Hall–Kier alpha value is -3.01. The maximum Gasteiger partial charge on any atom is 0.285 e. The molecule has 1 heterocycles. The van der Waals surface area contributed by atoms with E-state index in [4.69, 9.17) is 4.74 Å². The molecular formula is C20H19N2O2+. The van der Waals surface area contributed by atoms with Gasteiger partial charge in [-0.3, -0.25) is 4.79 Å². The first-order valence-electron chi connectivity index (χ1n) is 7.81. The van der Waals surface area contributed by atoms with Gasteiger partial charge in [0.2, 0.25) is 18.5 Å². The Bertz CT molecular complexity index is 861. The molecule has 0 N–H and O–H groups in total. The van der Waals surface area contributed by atoms with Crippen LogP contribution in [0.25, 0.3) is 0 Å². The zero-order valence-electron chi connectivity index (χ0n) is 13.8. The fourth-order valence-corrected chi connectivity index (χ4v) is 2.39. The molecule has 3 rings (SSSR count). The molecule has 0 saturated heterocycles. The largest absolute Gasteiger partial charge is 0.434 e. The number of hydrogen-bond donors (Lipinski definition) is 0. The van der Waals surface area contributed by atoms with Gasteiger partial charge in [0.1, 0.15) is 5.75 Å². The molecule has 0 spiro atoms. The number of aromatic nitrogens is 2. The SMILES string of the molecule is Cc1cccc(Oc2c[n+](CC(=O)c3ccccc3)ccn2)c1C. The van der Waals surface area contributed by atoms with Gasteiger partial charge in [0.25, 0.3) is 5.88 Å². The standard InChI is InChI=1S/C20H19N2O2/c1-15-7-6-10-19(16(15)2)24-20-14-22(12-11-21-20)13-18(23)17-8-4-3-5-9-17/h3-12,14H,13H2,1-2H3/q+1. The molecule has 4 nitrogen and oxygen atoms in total. The Balaban J connectivity index is 1.77. The van der Waals surface area contributed by atoms with Gasteiger partial charge >= 0.3 is 0 Å². The molecule has 0 fully saturated rings. The zero-order valence-corrected chi connectivity index (χ0v) is 13.8. The van der Waals surface area contributed by atoms with E-state index in [1.54, 1.807) is 23.2 Å². The molecule has 0 amide bonds. The highest BCUT2D eigenvalue weighted by Crippen LogP contribution is 2.24. The van der Waals surface area contributed by atoms with Gasteiger partial charge < -0.3 is 4.74 Å². The van der Waals surface area contributed by atoms with Crippen molar-refractivity contribution < 1.29 is 14.1 Å². The number of Topliss-reactive ketones (excluding diaryl/α,β-unsaturated/α-hetero) is 1. The first-order chi connectivity index (χ1) is 11.6. The summed E-state index contributed by atoms with van der Waals surface area (Å²) in [7, 11) is 0. The maximum atomic E-state index is 12.3. The minimum Gasteiger partial charge on any atom is -0.434 e. The van der Waals surface area contributed by atoms with Crippen LogP contribution in [-0.4, -0.2) is 10.8 Å². The second kappa shape index (κ2) is 7.04. The number of hydrogen-bond acceptors (Lipinski definition) is 3. The minimum atomic E-state index is 0.0458. The lowest BCUT2D eigenvalue weighted by molar-refractivity contribution is -0.683. The van der Waals surface area contributed by atoms with Crippen LogP contribution in [0.4, 0.5) is 0 Å². The lowest BCUT2D eigenvalue weighted by Gasteiger charge is -2.08. The van der Waals surface area contributed by atoms with Crippen molar-refractivity contribution in [3.8, 4) is 11.6 Å². The van der Waals surface area contributed by atoms with Crippen molar-refractivity contribution in [3.63, 3.8) is 0 Å². The van der Waals surface area contributed by atoms with Crippen LogP contribution in [0.5, 0.6) is 11.6 Å². The van der Waals surface area contributed by atoms with Crippen LogP contribution in [0, 0.1) is 13.8 Å². The predicted octanol–water partition coefficient (Wildman–Crippen LogP) is 3.66. The lowest BCUT2D eigenvalue weighted by atomic mass is 10.1. The summed E-state index contributed by atoms with van der Waals surface area (Å²) in [4.78, 5) is 16.5. The molecule has 120 valence electrons. The smallest absolute Gasteiger partial charge is 0.285 e. The fourth-order valence-electron chi connectivity index (χ4n) is 2.39. The second-order valence-corrected chi connectivity index (χ2v) is 5.66. The average Bonchev–Trinajstić information content (AvgIpc) is 2.60.